The molecule has 2 N–H and O–H groups in total. The third-order valence-electron chi connectivity index (χ3n) is 7.27. The first kappa shape index (κ1) is 27.8. The third-order valence-corrected chi connectivity index (χ3v) is 7.65. The molecule has 1 aliphatic rings. The van der Waals surface area contributed by atoms with Crippen LogP contribution in [0.4, 0.5) is 5.69 Å². The smallest absolute Gasteiger partial charge is 0.274 e. The number of halogens is 1. The van der Waals surface area contributed by atoms with Crippen molar-refractivity contribution in [1.29, 1.82) is 0 Å². The lowest BCUT2D eigenvalue weighted by molar-refractivity contribution is 0.0775. The molecular formula is C32H33ClN4O3. The van der Waals surface area contributed by atoms with E-state index < -0.39 is 0 Å². The molecule has 0 radical (unpaired) electrons. The topological polar surface area (TPSA) is 85.4 Å². The number of aryl methyl sites for hydroxylation is 1. The Morgan fingerprint density at radius 1 is 1.05 bits per heavy atom. The number of carbonyl (C=O) groups excluding carboxylic acids is 1. The Balaban J connectivity index is 1.40. The highest BCUT2D eigenvalue weighted by Gasteiger charge is 2.18. The van der Waals surface area contributed by atoms with Crippen molar-refractivity contribution >= 4 is 23.2 Å². The molecule has 0 unspecified atom stereocenters. The summed E-state index contributed by atoms with van der Waals surface area (Å²) in [6.07, 6.45) is 5.46. The van der Waals surface area contributed by atoms with E-state index in [4.69, 9.17) is 21.1 Å². The van der Waals surface area contributed by atoms with Crippen molar-refractivity contribution in [3.63, 3.8) is 0 Å². The first-order valence-corrected chi connectivity index (χ1v) is 13.8. The number of aromatic nitrogens is 2. The van der Waals surface area contributed by atoms with Crippen LogP contribution < -0.4 is 15.4 Å². The molecule has 8 heteroatoms. The Morgan fingerprint density at radius 3 is 2.62 bits per heavy atom. The van der Waals surface area contributed by atoms with E-state index in [2.05, 4.69) is 26.7 Å². The number of rotatable bonds is 8. The van der Waals surface area contributed by atoms with E-state index in [1.807, 2.05) is 56.3 Å². The summed E-state index contributed by atoms with van der Waals surface area (Å²) in [4.78, 5) is 21.7. The van der Waals surface area contributed by atoms with Gasteiger partial charge in [0.2, 0.25) is 0 Å². The molecule has 0 saturated carbocycles. The van der Waals surface area contributed by atoms with Gasteiger partial charge < -0.3 is 20.1 Å². The zero-order valence-electron chi connectivity index (χ0n) is 23.0. The number of anilines is 1. The van der Waals surface area contributed by atoms with Crippen LogP contribution in [0.2, 0.25) is 5.02 Å². The van der Waals surface area contributed by atoms with Crippen molar-refractivity contribution in [2.75, 3.05) is 25.6 Å². The highest BCUT2D eigenvalue weighted by atomic mass is 35.5. The molecule has 0 spiro atoms. The van der Waals surface area contributed by atoms with E-state index in [9.17, 15) is 4.79 Å². The molecule has 40 heavy (non-hydrogen) atoms. The summed E-state index contributed by atoms with van der Waals surface area (Å²) in [6.45, 7) is 6.21. The number of pyridine rings is 2. The summed E-state index contributed by atoms with van der Waals surface area (Å²) in [6, 6.07) is 17.8. The lowest BCUT2D eigenvalue weighted by atomic mass is 9.97. The lowest BCUT2D eigenvalue weighted by Gasteiger charge is -2.23. The Kier molecular flexibility index (Phi) is 8.75. The van der Waals surface area contributed by atoms with Crippen LogP contribution in [0.15, 0.2) is 67.0 Å². The molecule has 0 aliphatic carbocycles. The maximum absolute atomic E-state index is 12.8. The number of benzene rings is 2. The number of carbonyl (C=O) groups is 1. The predicted octanol–water partition coefficient (Wildman–Crippen LogP) is 6.61. The Labute approximate surface area is 239 Å². The van der Waals surface area contributed by atoms with Gasteiger partial charge in [-0.2, -0.15) is 0 Å². The number of methoxy groups -OCH3 is 1. The predicted molar refractivity (Wildman–Crippen MR) is 159 cm³/mol. The maximum atomic E-state index is 12.8. The van der Waals surface area contributed by atoms with Gasteiger partial charge in [0.25, 0.3) is 5.91 Å². The van der Waals surface area contributed by atoms with Crippen molar-refractivity contribution in [2.45, 2.75) is 39.3 Å². The Morgan fingerprint density at radius 2 is 1.88 bits per heavy atom. The zero-order valence-corrected chi connectivity index (χ0v) is 23.7. The quantitative estimate of drug-likeness (QED) is 0.254. The van der Waals surface area contributed by atoms with Crippen LogP contribution in [0, 0.1) is 13.8 Å². The minimum absolute atomic E-state index is 0.264. The van der Waals surface area contributed by atoms with E-state index in [-0.39, 0.29) is 5.91 Å². The van der Waals surface area contributed by atoms with Crippen LogP contribution in [0.5, 0.6) is 5.75 Å². The normalized spacial score (nSPS) is 13.7. The minimum Gasteiger partial charge on any atom is -0.496 e. The van der Waals surface area contributed by atoms with Crippen molar-refractivity contribution in [2.24, 2.45) is 0 Å². The van der Waals surface area contributed by atoms with E-state index in [0.29, 0.717) is 34.7 Å². The fraction of sp³-hybridized carbons (Fsp3) is 0.281. The maximum Gasteiger partial charge on any atom is 0.274 e. The van der Waals surface area contributed by atoms with Gasteiger partial charge in [0.05, 0.1) is 17.8 Å². The van der Waals surface area contributed by atoms with Crippen LogP contribution >= 0.6 is 11.6 Å². The second-order valence-electron chi connectivity index (χ2n) is 9.97. The Hall–Kier alpha value is -3.78. The second kappa shape index (κ2) is 12.6. The molecule has 3 heterocycles. The van der Waals surface area contributed by atoms with Crippen molar-refractivity contribution < 1.29 is 14.3 Å². The fourth-order valence-electron chi connectivity index (χ4n) is 4.90. The molecule has 1 fully saturated rings. The molecule has 5 rings (SSSR count). The van der Waals surface area contributed by atoms with E-state index in [0.717, 1.165) is 65.2 Å². The average molecular weight is 557 g/mol. The van der Waals surface area contributed by atoms with Crippen LogP contribution in [0.3, 0.4) is 0 Å². The summed E-state index contributed by atoms with van der Waals surface area (Å²) >= 11 is 6.99. The Bertz CT molecular complexity index is 1500. The van der Waals surface area contributed by atoms with Gasteiger partial charge in [-0.15, -0.1) is 0 Å². The zero-order chi connectivity index (χ0) is 28.1. The SMILES string of the molecule is COc1cc(-c2nccc(-c3cccc(NC(=O)c4ccc(C)cn4)c3C)c2Cl)ccc1CNC1CCOCC1. The lowest BCUT2D eigenvalue weighted by Crippen LogP contribution is -2.34. The van der Waals surface area contributed by atoms with Crippen molar-refractivity contribution in [1.82, 2.24) is 15.3 Å². The summed E-state index contributed by atoms with van der Waals surface area (Å²) in [5.74, 6) is 0.520. The molecule has 206 valence electrons. The van der Waals surface area contributed by atoms with Gasteiger partial charge in [-0.25, -0.2) is 0 Å². The highest BCUT2D eigenvalue weighted by Crippen LogP contribution is 2.39. The van der Waals surface area contributed by atoms with Gasteiger partial charge in [-0.1, -0.05) is 41.9 Å². The molecule has 4 aromatic rings. The first-order chi connectivity index (χ1) is 19.4. The molecule has 2 aromatic carbocycles. The van der Waals surface area contributed by atoms with Crippen LogP contribution in [-0.4, -0.2) is 42.2 Å². The average Bonchev–Trinajstić information content (AvgIpc) is 2.98. The standard InChI is InChI=1S/C32H33ClN4O3/c1-20-7-10-28(36-18-20)32(38)37-27-6-4-5-25(21(27)2)26-11-14-34-31(30(26)33)22-8-9-23(29(17-22)39-3)19-35-24-12-15-40-16-13-24/h4-11,14,17-18,24,35H,12-13,15-16,19H2,1-3H3,(H,37,38). The second-order valence-corrected chi connectivity index (χ2v) is 10.3. The van der Waals surface area contributed by atoms with Gasteiger partial charge in [0, 0.05) is 60.6 Å². The molecule has 1 amide bonds. The number of hydrogen-bond acceptors (Lipinski definition) is 6. The van der Waals surface area contributed by atoms with E-state index in [1.54, 1.807) is 25.6 Å². The van der Waals surface area contributed by atoms with Gasteiger partial charge >= 0.3 is 0 Å². The van der Waals surface area contributed by atoms with Crippen molar-refractivity contribution in [3.8, 4) is 28.1 Å². The third kappa shape index (κ3) is 6.17. The van der Waals surface area contributed by atoms with Gasteiger partial charge in [-0.3, -0.25) is 14.8 Å². The van der Waals surface area contributed by atoms with Crippen molar-refractivity contribution in [3.05, 3.63) is 94.4 Å². The van der Waals surface area contributed by atoms with Gasteiger partial charge in [0.1, 0.15) is 11.4 Å². The number of amides is 1. The first-order valence-electron chi connectivity index (χ1n) is 13.4. The number of nitrogens with zero attached hydrogens (tertiary/aromatic N) is 2. The molecular weight excluding hydrogens is 524 g/mol. The molecule has 2 aromatic heterocycles. The van der Waals surface area contributed by atoms with E-state index in [1.165, 1.54) is 0 Å². The highest BCUT2D eigenvalue weighted by molar-refractivity contribution is 6.35. The van der Waals surface area contributed by atoms with Gasteiger partial charge in [0.15, 0.2) is 0 Å². The molecule has 1 aliphatic heterocycles. The summed E-state index contributed by atoms with van der Waals surface area (Å²) in [7, 11) is 1.68. The fourth-order valence-corrected chi connectivity index (χ4v) is 5.22. The number of hydrogen-bond donors (Lipinski definition) is 2. The van der Waals surface area contributed by atoms with Crippen LogP contribution in [-0.2, 0) is 11.3 Å². The molecule has 0 bridgehead atoms. The monoisotopic (exact) mass is 556 g/mol. The van der Waals surface area contributed by atoms with Crippen LogP contribution in [0.25, 0.3) is 22.4 Å². The van der Waals surface area contributed by atoms with Crippen LogP contribution in [0.1, 0.15) is 40.0 Å². The summed E-state index contributed by atoms with van der Waals surface area (Å²) in [5, 5.41) is 7.14. The van der Waals surface area contributed by atoms with E-state index >= 15 is 0 Å². The van der Waals surface area contributed by atoms with Gasteiger partial charge in [-0.05, 0) is 67.6 Å². The summed E-state index contributed by atoms with van der Waals surface area (Å²) in [5.41, 5.74) is 7.30. The number of nitrogens with one attached hydrogen (secondary N) is 2. The number of ether oxygens (including phenoxy) is 2. The molecule has 1 saturated heterocycles. The molecule has 0 atom stereocenters. The largest absolute Gasteiger partial charge is 0.496 e. The minimum atomic E-state index is -0.264. The summed E-state index contributed by atoms with van der Waals surface area (Å²) < 4.78 is 11.2. The molecule has 7 nitrogen and oxygen atoms in total.